The summed E-state index contributed by atoms with van der Waals surface area (Å²) >= 11 is 0. The van der Waals surface area contributed by atoms with Gasteiger partial charge in [0.25, 0.3) is 0 Å². The van der Waals surface area contributed by atoms with Crippen LogP contribution in [0.3, 0.4) is 0 Å². The summed E-state index contributed by atoms with van der Waals surface area (Å²) in [7, 11) is 4.31. The van der Waals surface area contributed by atoms with Crippen LogP contribution in [0.2, 0.25) is 0 Å². The molecule has 3 N–H and O–H groups in total. The highest BCUT2D eigenvalue weighted by molar-refractivity contribution is 4.98. The highest BCUT2D eigenvalue weighted by Gasteiger charge is 2.39. The minimum Gasteiger partial charge on any atom is -0.302 e. The van der Waals surface area contributed by atoms with E-state index in [4.69, 9.17) is 5.84 Å². The molecule has 0 bridgehead atoms. The SMILES string of the molecule is CCC(C)(C(NN)C1CCCC1)N(C)C. The molecule has 15 heavy (non-hydrogen) atoms. The second-order valence-corrected chi connectivity index (χ2v) is 5.29. The number of nitrogens with zero attached hydrogens (tertiary/aromatic N) is 1. The van der Waals surface area contributed by atoms with Gasteiger partial charge < -0.3 is 4.90 Å². The maximum atomic E-state index is 5.78. The van der Waals surface area contributed by atoms with Gasteiger partial charge in [-0.05, 0) is 46.2 Å². The quantitative estimate of drug-likeness (QED) is 0.540. The molecule has 0 radical (unpaired) electrons. The van der Waals surface area contributed by atoms with Crippen molar-refractivity contribution in [2.75, 3.05) is 14.1 Å². The van der Waals surface area contributed by atoms with Gasteiger partial charge in [0, 0.05) is 11.6 Å². The van der Waals surface area contributed by atoms with Gasteiger partial charge in [-0.3, -0.25) is 11.3 Å². The number of hydrogen-bond donors (Lipinski definition) is 2. The Balaban J connectivity index is 2.77. The average Bonchev–Trinajstić information content (AvgIpc) is 2.71. The zero-order chi connectivity index (χ0) is 11.5. The van der Waals surface area contributed by atoms with Crippen LogP contribution in [0.15, 0.2) is 0 Å². The first kappa shape index (κ1) is 12.9. The maximum absolute atomic E-state index is 5.78. The third kappa shape index (κ3) is 2.52. The van der Waals surface area contributed by atoms with Crippen molar-refractivity contribution in [3.63, 3.8) is 0 Å². The molecular formula is C12H27N3. The van der Waals surface area contributed by atoms with E-state index >= 15 is 0 Å². The summed E-state index contributed by atoms with van der Waals surface area (Å²) < 4.78 is 0. The van der Waals surface area contributed by atoms with Gasteiger partial charge in [0.2, 0.25) is 0 Å². The van der Waals surface area contributed by atoms with Crippen LogP contribution < -0.4 is 11.3 Å². The van der Waals surface area contributed by atoms with Crippen LogP contribution in [0.4, 0.5) is 0 Å². The minimum absolute atomic E-state index is 0.170. The van der Waals surface area contributed by atoms with E-state index < -0.39 is 0 Å². The molecule has 1 rings (SSSR count). The fourth-order valence-electron chi connectivity index (χ4n) is 2.93. The molecule has 1 aliphatic rings. The first-order valence-electron chi connectivity index (χ1n) is 6.19. The minimum atomic E-state index is 0.170. The molecule has 0 aliphatic heterocycles. The van der Waals surface area contributed by atoms with Gasteiger partial charge in [0.05, 0.1) is 0 Å². The lowest BCUT2D eigenvalue weighted by Gasteiger charge is -2.45. The standard InChI is InChI=1S/C12H27N3/c1-5-12(2,15(3)4)11(14-13)10-8-6-7-9-10/h10-11,14H,5-9,13H2,1-4H3. The Morgan fingerprint density at radius 2 is 1.93 bits per heavy atom. The molecule has 90 valence electrons. The van der Waals surface area contributed by atoms with Crippen LogP contribution in [0.1, 0.15) is 46.0 Å². The molecule has 1 saturated carbocycles. The molecule has 0 aromatic rings. The largest absolute Gasteiger partial charge is 0.302 e. The normalized spacial score (nSPS) is 24.4. The smallest absolute Gasteiger partial charge is 0.0419 e. The Bertz CT molecular complexity index is 187. The second-order valence-electron chi connectivity index (χ2n) is 5.29. The topological polar surface area (TPSA) is 41.3 Å². The number of hydrogen-bond acceptors (Lipinski definition) is 3. The van der Waals surface area contributed by atoms with E-state index in [1.807, 2.05) is 0 Å². The van der Waals surface area contributed by atoms with Crippen LogP contribution in [0.25, 0.3) is 0 Å². The Hall–Kier alpha value is -0.120. The first-order valence-corrected chi connectivity index (χ1v) is 6.19. The molecule has 2 unspecified atom stereocenters. The van der Waals surface area contributed by atoms with E-state index in [-0.39, 0.29) is 5.54 Å². The van der Waals surface area contributed by atoms with Gasteiger partial charge in [0.1, 0.15) is 0 Å². The summed E-state index contributed by atoms with van der Waals surface area (Å²) in [6.07, 6.45) is 6.54. The van der Waals surface area contributed by atoms with Crippen molar-refractivity contribution in [1.82, 2.24) is 10.3 Å². The zero-order valence-corrected chi connectivity index (χ0v) is 10.7. The zero-order valence-electron chi connectivity index (χ0n) is 10.7. The van der Waals surface area contributed by atoms with Gasteiger partial charge in [0.15, 0.2) is 0 Å². The van der Waals surface area contributed by atoms with E-state index in [1.165, 1.54) is 25.7 Å². The van der Waals surface area contributed by atoms with Crippen molar-refractivity contribution in [1.29, 1.82) is 0 Å². The molecule has 0 heterocycles. The Morgan fingerprint density at radius 3 is 2.27 bits per heavy atom. The van der Waals surface area contributed by atoms with Gasteiger partial charge in [-0.25, -0.2) is 0 Å². The van der Waals surface area contributed by atoms with Crippen LogP contribution in [0.5, 0.6) is 0 Å². The molecule has 1 fully saturated rings. The van der Waals surface area contributed by atoms with Crippen LogP contribution >= 0.6 is 0 Å². The van der Waals surface area contributed by atoms with E-state index in [2.05, 4.69) is 38.3 Å². The Labute approximate surface area is 94.4 Å². The van der Waals surface area contributed by atoms with E-state index in [1.54, 1.807) is 0 Å². The van der Waals surface area contributed by atoms with Gasteiger partial charge in [-0.1, -0.05) is 19.8 Å². The molecule has 0 amide bonds. The number of nitrogens with one attached hydrogen (secondary N) is 1. The summed E-state index contributed by atoms with van der Waals surface area (Å²) in [5.41, 5.74) is 3.25. The van der Waals surface area contributed by atoms with Crippen molar-refractivity contribution in [3.05, 3.63) is 0 Å². The summed E-state index contributed by atoms with van der Waals surface area (Å²) in [6.45, 7) is 4.56. The van der Waals surface area contributed by atoms with Crippen molar-refractivity contribution in [2.45, 2.75) is 57.5 Å². The summed E-state index contributed by atoms with van der Waals surface area (Å²) in [4.78, 5) is 2.32. The molecule has 1 aliphatic carbocycles. The molecule has 0 aromatic carbocycles. The van der Waals surface area contributed by atoms with E-state index in [0.29, 0.717) is 6.04 Å². The van der Waals surface area contributed by atoms with E-state index in [9.17, 15) is 0 Å². The predicted molar refractivity (Wildman–Crippen MR) is 65.5 cm³/mol. The molecule has 0 saturated heterocycles. The molecule has 3 heteroatoms. The Kier molecular flexibility index (Phi) is 4.56. The third-order valence-corrected chi connectivity index (χ3v) is 4.46. The third-order valence-electron chi connectivity index (χ3n) is 4.46. The van der Waals surface area contributed by atoms with Crippen molar-refractivity contribution in [2.24, 2.45) is 11.8 Å². The fourth-order valence-corrected chi connectivity index (χ4v) is 2.93. The summed E-state index contributed by atoms with van der Waals surface area (Å²) in [6, 6.07) is 0.417. The van der Waals surface area contributed by atoms with Gasteiger partial charge in [-0.2, -0.15) is 0 Å². The van der Waals surface area contributed by atoms with Crippen LogP contribution in [-0.2, 0) is 0 Å². The van der Waals surface area contributed by atoms with Crippen LogP contribution in [0, 0.1) is 5.92 Å². The van der Waals surface area contributed by atoms with E-state index in [0.717, 1.165) is 12.3 Å². The van der Waals surface area contributed by atoms with Crippen molar-refractivity contribution < 1.29 is 0 Å². The molecule has 3 nitrogen and oxygen atoms in total. The van der Waals surface area contributed by atoms with Gasteiger partial charge in [-0.15, -0.1) is 0 Å². The second kappa shape index (κ2) is 5.28. The molecule has 0 spiro atoms. The lowest BCUT2D eigenvalue weighted by molar-refractivity contribution is 0.0816. The number of rotatable bonds is 5. The average molecular weight is 213 g/mol. The first-order chi connectivity index (χ1) is 7.06. The molecule has 2 atom stereocenters. The van der Waals surface area contributed by atoms with Gasteiger partial charge >= 0.3 is 0 Å². The summed E-state index contributed by atoms with van der Waals surface area (Å²) in [5.74, 6) is 6.53. The number of hydrazine groups is 1. The van der Waals surface area contributed by atoms with Crippen molar-refractivity contribution >= 4 is 0 Å². The fraction of sp³-hybridized carbons (Fsp3) is 1.00. The lowest BCUT2D eigenvalue weighted by atomic mass is 9.79. The highest BCUT2D eigenvalue weighted by Crippen LogP contribution is 2.35. The number of nitrogens with two attached hydrogens (primary N) is 1. The lowest BCUT2D eigenvalue weighted by Crippen LogP contribution is -2.61. The van der Waals surface area contributed by atoms with Crippen LogP contribution in [-0.4, -0.2) is 30.6 Å². The summed E-state index contributed by atoms with van der Waals surface area (Å²) in [5, 5.41) is 0. The molecular weight excluding hydrogens is 186 g/mol. The highest BCUT2D eigenvalue weighted by atomic mass is 15.3. The van der Waals surface area contributed by atoms with Crippen molar-refractivity contribution in [3.8, 4) is 0 Å². The maximum Gasteiger partial charge on any atom is 0.0419 e. The monoisotopic (exact) mass is 213 g/mol. The predicted octanol–water partition coefficient (Wildman–Crippen LogP) is 1.74. The molecule has 0 aromatic heterocycles. The Morgan fingerprint density at radius 1 is 1.40 bits per heavy atom. The number of likely N-dealkylation sites (N-methyl/N-ethyl adjacent to an activating group) is 1.